The van der Waals surface area contributed by atoms with E-state index in [0.717, 1.165) is 0 Å². The van der Waals surface area contributed by atoms with Gasteiger partial charge in [0.15, 0.2) is 10.7 Å². The Morgan fingerprint density at radius 2 is 1.96 bits per heavy atom. The first kappa shape index (κ1) is 17.1. The second-order valence-electron chi connectivity index (χ2n) is 6.34. The highest BCUT2D eigenvalue weighted by molar-refractivity contribution is 7.89. The summed E-state index contributed by atoms with van der Waals surface area (Å²) in [5.74, 6) is -0.183. The molecule has 0 radical (unpaired) electrons. The molecule has 1 amide bonds. The average Bonchev–Trinajstić information content (AvgIpc) is 3.23. The molecule has 4 rings (SSSR count). The van der Waals surface area contributed by atoms with Gasteiger partial charge in [0.25, 0.3) is 15.9 Å². The third kappa shape index (κ3) is 2.99. The van der Waals surface area contributed by atoms with Crippen molar-refractivity contribution in [1.29, 1.82) is 0 Å². The zero-order valence-corrected chi connectivity index (χ0v) is 15.0. The Balaban J connectivity index is 1.40. The van der Waals surface area contributed by atoms with Crippen molar-refractivity contribution in [2.45, 2.75) is 11.1 Å². The second-order valence-corrected chi connectivity index (χ2v) is 8.23. The van der Waals surface area contributed by atoms with E-state index in [-0.39, 0.29) is 35.8 Å². The number of nitrogens with zero attached hydrogens (tertiary/aromatic N) is 7. The number of aromatic nitrogens is 5. The van der Waals surface area contributed by atoms with Crippen LogP contribution in [0.4, 0.5) is 0 Å². The fraction of sp³-hybridized carbons (Fsp3) is 0.571. The van der Waals surface area contributed by atoms with E-state index in [1.807, 2.05) is 0 Å². The third-order valence-electron chi connectivity index (χ3n) is 4.52. The van der Waals surface area contributed by atoms with Crippen LogP contribution in [-0.2, 0) is 21.8 Å². The summed E-state index contributed by atoms with van der Waals surface area (Å²) in [5, 5.41) is 7.96. The third-order valence-corrected chi connectivity index (χ3v) is 6.23. The lowest BCUT2D eigenvalue weighted by atomic mass is 10.2. The number of hydrogen-bond acceptors (Lipinski definition) is 7. The van der Waals surface area contributed by atoms with Gasteiger partial charge in [-0.1, -0.05) is 5.21 Å². The van der Waals surface area contributed by atoms with Crippen molar-refractivity contribution in [3.8, 4) is 0 Å². The number of carbonyl (C=O) groups excluding carboxylic acids is 1. The lowest BCUT2D eigenvalue weighted by Gasteiger charge is -2.36. The first-order valence-corrected chi connectivity index (χ1v) is 9.66. The van der Waals surface area contributed by atoms with E-state index in [9.17, 15) is 13.2 Å². The number of rotatable bonds is 4. The van der Waals surface area contributed by atoms with Crippen molar-refractivity contribution in [2.75, 3.05) is 39.4 Å². The van der Waals surface area contributed by atoms with Crippen LogP contribution in [0.25, 0.3) is 0 Å². The molecule has 4 heterocycles. The number of aryl methyl sites for hydroxylation is 1. The highest BCUT2D eigenvalue weighted by Gasteiger charge is 2.39. The Labute approximate surface area is 150 Å². The fourth-order valence-electron chi connectivity index (χ4n) is 2.92. The van der Waals surface area contributed by atoms with Gasteiger partial charge in [-0.2, -0.15) is 4.31 Å². The quantitative estimate of drug-likeness (QED) is 0.648. The number of imidazole rings is 1. The Morgan fingerprint density at radius 3 is 2.62 bits per heavy atom. The maximum Gasteiger partial charge on any atom is 0.276 e. The fourth-order valence-corrected chi connectivity index (χ4v) is 4.40. The van der Waals surface area contributed by atoms with E-state index in [2.05, 4.69) is 15.3 Å². The highest BCUT2D eigenvalue weighted by atomic mass is 32.2. The summed E-state index contributed by atoms with van der Waals surface area (Å²) in [7, 11) is -1.88. The molecule has 2 fully saturated rings. The molecule has 140 valence electrons. The molecule has 0 saturated carbocycles. The zero-order valence-electron chi connectivity index (χ0n) is 14.2. The van der Waals surface area contributed by atoms with Crippen LogP contribution in [0.2, 0.25) is 0 Å². The largest absolute Gasteiger partial charge is 0.378 e. The molecule has 0 unspecified atom stereocenters. The van der Waals surface area contributed by atoms with E-state index in [0.29, 0.717) is 26.3 Å². The summed E-state index contributed by atoms with van der Waals surface area (Å²) in [5.41, 5.74) is 0.262. The summed E-state index contributed by atoms with van der Waals surface area (Å²) in [4.78, 5) is 18.0. The monoisotopic (exact) mass is 381 g/mol. The van der Waals surface area contributed by atoms with E-state index in [4.69, 9.17) is 4.74 Å². The van der Waals surface area contributed by atoms with Gasteiger partial charge in [0, 0.05) is 39.4 Å². The molecule has 26 heavy (non-hydrogen) atoms. The van der Waals surface area contributed by atoms with Crippen LogP contribution in [0, 0.1) is 0 Å². The summed E-state index contributed by atoms with van der Waals surface area (Å²) >= 11 is 0. The van der Waals surface area contributed by atoms with E-state index in [1.54, 1.807) is 27.4 Å². The van der Waals surface area contributed by atoms with Crippen LogP contribution in [0.1, 0.15) is 16.5 Å². The molecular weight excluding hydrogens is 362 g/mol. The Hall–Kier alpha value is -2.31. The van der Waals surface area contributed by atoms with Crippen LogP contribution < -0.4 is 0 Å². The number of hydrogen-bond donors (Lipinski definition) is 0. The van der Waals surface area contributed by atoms with Gasteiger partial charge >= 0.3 is 0 Å². The lowest BCUT2D eigenvalue weighted by Crippen LogP contribution is -2.50. The van der Waals surface area contributed by atoms with E-state index < -0.39 is 10.0 Å². The van der Waals surface area contributed by atoms with Gasteiger partial charge in [-0.25, -0.2) is 18.1 Å². The maximum atomic E-state index is 12.5. The zero-order chi connectivity index (χ0) is 18.3. The minimum absolute atomic E-state index is 0.0280. The second kappa shape index (κ2) is 6.45. The molecule has 2 saturated heterocycles. The molecule has 2 aliphatic heterocycles. The predicted molar refractivity (Wildman–Crippen MR) is 87.7 cm³/mol. The predicted octanol–water partition coefficient (Wildman–Crippen LogP) is -1.27. The molecule has 2 aromatic rings. The van der Waals surface area contributed by atoms with Crippen molar-refractivity contribution >= 4 is 15.9 Å². The number of morpholine rings is 1. The molecule has 0 spiro atoms. The normalized spacial score (nSPS) is 19.5. The van der Waals surface area contributed by atoms with Crippen LogP contribution in [0.5, 0.6) is 0 Å². The molecule has 11 nitrogen and oxygen atoms in total. The van der Waals surface area contributed by atoms with Gasteiger partial charge in [0.05, 0.1) is 31.8 Å². The molecule has 0 N–H and O–H groups in total. The first-order chi connectivity index (χ1) is 12.4. The van der Waals surface area contributed by atoms with Gasteiger partial charge in [-0.3, -0.25) is 4.79 Å². The standard InChI is InChI=1S/C14H19N7O4S/c1-18-9-13(15-10-18)26(23,24)20-6-11(7-20)21-8-12(16-17-21)14(22)19-2-4-25-5-3-19/h8-11H,2-7H2,1H3. The van der Waals surface area contributed by atoms with E-state index >= 15 is 0 Å². The molecule has 0 aliphatic carbocycles. The Bertz CT molecular complexity index is 909. The van der Waals surface area contributed by atoms with Crippen molar-refractivity contribution < 1.29 is 17.9 Å². The van der Waals surface area contributed by atoms with Crippen molar-refractivity contribution in [1.82, 2.24) is 33.8 Å². The first-order valence-electron chi connectivity index (χ1n) is 8.22. The summed E-state index contributed by atoms with van der Waals surface area (Å²) in [6.07, 6.45) is 4.50. The minimum Gasteiger partial charge on any atom is -0.378 e. The van der Waals surface area contributed by atoms with Gasteiger partial charge in [0.1, 0.15) is 0 Å². The Morgan fingerprint density at radius 1 is 1.23 bits per heavy atom. The number of sulfonamides is 1. The minimum atomic E-state index is -3.60. The van der Waals surface area contributed by atoms with Crippen molar-refractivity contribution in [3.63, 3.8) is 0 Å². The SMILES string of the molecule is Cn1cnc(S(=O)(=O)N2CC(n3cc(C(=O)N4CCOCC4)nn3)C2)c1. The van der Waals surface area contributed by atoms with Gasteiger partial charge in [-0.15, -0.1) is 5.10 Å². The summed E-state index contributed by atoms with van der Waals surface area (Å²) in [6.45, 7) is 2.64. The van der Waals surface area contributed by atoms with Crippen LogP contribution in [-0.4, -0.2) is 87.5 Å². The van der Waals surface area contributed by atoms with Crippen molar-refractivity contribution in [2.24, 2.45) is 7.05 Å². The lowest BCUT2D eigenvalue weighted by molar-refractivity contribution is 0.0299. The summed E-state index contributed by atoms with van der Waals surface area (Å²) < 4.78 is 34.6. The van der Waals surface area contributed by atoms with Crippen LogP contribution >= 0.6 is 0 Å². The molecular formula is C14H19N7O4S. The topological polar surface area (TPSA) is 115 Å². The van der Waals surface area contributed by atoms with Crippen LogP contribution in [0.3, 0.4) is 0 Å². The van der Waals surface area contributed by atoms with Crippen molar-refractivity contribution in [3.05, 3.63) is 24.4 Å². The molecule has 12 heteroatoms. The molecule has 0 bridgehead atoms. The highest BCUT2D eigenvalue weighted by Crippen LogP contribution is 2.27. The maximum absolute atomic E-state index is 12.5. The molecule has 2 aliphatic rings. The number of amides is 1. The average molecular weight is 381 g/mol. The summed E-state index contributed by atoms with van der Waals surface area (Å²) in [6, 6.07) is -0.146. The van der Waals surface area contributed by atoms with Gasteiger partial charge in [-0.05, 0) is 0 Å². The van der Waals surface area contributed by atoms with Gasteiger partial charge in [0.2, 0.25) is 0 Å². The van der Waals surface area contributed by atoms with Gasteiger partial charge < -0.3 is 14.2 Å². The molecule has 0 atom stereocenters. The van der Waals surface area contributed by atoms with Crippen LogP contribution in [0.15, 0.2) is 23.7 Å². The smallest absolute Gasteiger partial charge is 0.276 e. The molecule has 0 aromatic carbocycles. The number of ether oxygens (including phenoxy) is 1. The van der Waals surface area contributed by atoms with E-state index in [1.165, 1.54) is 16.8 Å². The molecule has 2 aromatic heterocycles. The number of carbonyl (C=O) groups is 1. The Kier molecular flexibility index (Phi) is 4.25.